The van der Waals surface area contributed by atoms with Crippen molar-refractivity contribution in [3.05, 3.63) is 87.0 Å². The minimum atomic E-state index is -3.40. The Hall–Kier alpha value is -2.39. The molecule has 0 fully saturated rings. The van der Waals surface area contributed by atoms with Gasteiger partial charge in [-0.25, -0.2) is 8.42 Å². The Kier molecular flexibility index (Phi) is 7.09. The molecule has 4 rings (SSSR count). The summed E-state index contributed by atoms with van der Waals surface area (Å²) in [5.74, 6) is -0.0313. The summed E-state index contributed by atoms with van der Waals surface area (Å²) in [6, 6.07) is 20.0. The van der Waals surface area contributed by atoms with Crippen LogP contribution in [-0.4, -0.2) is 19.6 Å². The minimum absolute atomic E-state index is 0.171. The first-order chi connectivity index (χ1) is 15.8. The second kappa shape index (κ2) is 9.85. The summed E-state index contributed by atoms with van der Waals surface area (Å²) in [7, 11) is -3.40. The lowest BCUT2D eigenvalue weighted by molar-refractivity contribution is 0.102. The largest absolute Gasteiger partial charge is 0.397 e. The van der Waals surface area contributed by atoms with Crippen molar-refractivity contribution >= 4 is 49.7 Å². The molecule has 5 nitrogen and oxygen atoms in total. The Morgan fingerprint density at radius 1 is 1.12 bits per heavy atom. The smallest absolute Gasteiger partial charge is 0.255 e. The fraction of sp³-hybridized carbons (Fsp3) is 0.269. The number of aryl methyl sites for hydroxylation is 1. The summed E-state index contributed by atoms with van der Waals surface area (Å²) in [5, 5.41) is 2.43. The fourth-order valence-electron chi connectivity index (χ4n) is 4.56. The van der Waals surface area contributed by atoms with Crippen molar-refractivity contribution in [2.24, 2.45) is 0 Å². The van der Waals surface area contributed by atoms with Gasteiger partial charge in [-0.3, -0.25) is 4.79 Å². The highest BCUT2D eigenvalue weighted by Gasteiger charge is 2.32. The van der Waals surface area contributed by atoms with Gasteiger partial charge in [0.2, 0.25) is 0 Å². The molecule has 3 aromatic carbocycles. The molecule has 0 spiro atoms. The van der Waals surface area contributed by atoms with Crippen LogP contribution in [-0.2, 0) is 16.3 Å². The van der Waals surface area contributed by atoms with Crippen molar-refractivity contribution < 1.29 is 13.2 Å². The Bertz CT molecular complexity index is 1290. The number of halogens is 1. The van der Waals surface area contributed by atoms with Crippen LogP contribution in [0.15, 0.2) is 71.6 Å². The van der Waals surface area contributed by atoms with Crippen molar-refractivity contribution in [2.45, 2.75) is 48.7 Å². The molecule has 3 aromatic rings. The summed E-state index contributed by atoms with van der Waals surface area (Å²) < 4.78 is 27.5. The monoisotopic (exact) mass is 574 g/mol. The Labute approximate surface area is 208 Å². The number of anilines is 2. The lowest BCUT2D eigenvalue weighted by Gasteiger charge is -2.21. The zero-order valence-corrected chi connectivity index (χ0v) is 21.4. The van der Waals surface area contributed by atoms with E-state index in [0.717, 1.165) is 27.5 Å². The van der Waals surface area contributed by atoms with E-state index >= 15 is 0 Å². The molecule has 33 heavy (non-hydrogen) atoms. The third-order valence-corrected chi connectivity index (χ3v) is 9.37. The molecule has 172 valence electrons. The van der Waals surface area contributed by atoms with Crippen LogP contribution >= 0.6 is 22.6 Å². The van der Waals surface area contributed by atoms with E-state index in [-0.39, 0.29) is 11.8 Å². The van der Waals surface area contributed by atoms with E-state index in [9.17, 15) is 13.2 Å². The molecular formula is C26H27IN2O3S. The Morgan fingerprint density at radius 3 is 2.64 bits per heavy atom. The minimum Gasteiger partial charge on any atom is -0.397 e. The lowest BCUT2D eigenvalue weighted by atomic mass is 9.94. The third kappa shape index (κ3) is 5.09. The van der Waals surface area contributed by atoms with Crippen molar-refractivity contribution in [3.8, 4) is 0 Å². The highest BCUT2D eigenvalue weighted by Crippen LogP contribution is 2.39. The fourth-order valence-corrected chi connectivity index (χ4v) is 7.19. The van der Waals surface area contributed by atoms with E-state index < -0.39 is 15.1 Å². The number of carbonyl (C=O) groups excluding carboxylic acids is 1. The summed E-state index contributed by atoms with van der Waals surface area (Å²) >= 11 is 2.14. The van der Waals surface area contributed by atoms with Crippen molar-refractivity contribution in [3.63, 3.8) is 0 Å². The van der Waals surface area contributed by atoms with Crippen LogP contribution in [0, 0.1) is 3.57 Å². The van der Waals surface area contributed by atoms with Crippen LogP contribution < -0.4 is 11.1 Å². The SMILES string of the molecule is CCC(CC1CCc2cc(C(=O)Nc3ccccc3N)ccc21)S(=O)(=O)c1cccc(I)c1. The molecule has 7 heteroatoms. The van der Waals surface area contributed by atoms with Gasteiger partial charge in [-0.15, -0.1) is 0 Å². The van der Waals surface area contributed by atoms with Crippen LogP contribution in [0.2, 0.25) is 0 Å². The van der Waals surface area contributed by atoms with E-state index in [1.807, 2.05) is 43.3 Å². The van der Waals surface area contributed by atoms with E-state index in [1.165, 1.54) is 0 Å². The molecule has 0 aliphatic heterocycles. The van der Waals surface area contributed by atoms with Gasteiger partial charge in [0.15, 0.2) is 9.84 Å². The maximum Gasteiger partial charge on any atom is 0.255 e. The number of nitrogen functional groups attached to an aromatic ring is 1. The summed E-state index contributed by atoms with van der Waals surface area (Å²) in [6.07, 6.45) is 2.89. The summed E-state index contributed by atoms with van der Waals surface area (Å²) in [6.45, 7) is 1.94. The Balaban J connectivity index is 1.51. The van der Waals surface area contributed by atoms with Crippen LogP contribution in [0.25, 0.3) is 0 Å². The standard InChI is InChI=1S/C26H27IN2O3S/c1-2-21(33(31,32)22-7-5-6-20(27)16-22)15-18-11-10-17-14-19(12-13-23(17)18)26(30)29-25-9-4-3-8-24(25)28/h3-9,12-14,16,18,21H,2,10-11,15,28H2,1H3,(H,29,30). The van der Waals surface area contributed by atoms with Crippen LogP contribution in [0.4, 0.5) is 11.4 Å². The first kappa shape index (κ1) is 23.8. The number of para-hydroxylation sites is 2. The molecule has 1 aliphatic rings. The van der Waals surface area contributed by atoms with Gasteiger partial charge in [0.25, 0.3) is 5.91 Å². The molecule has 1 amide bonds. The number of amides is 1. The van der Waals surface area contributed by atoms with Crippen LogP contribution in [0.5, 0.6) is 0 Å². The molecule has 2 atom stereocenters. The van der Waals surface area contributed by atoms with Gasteiger partial charge in [-0.1, -0.05) is 31.2 Å². The van der Waals surface area contributed by atoms with Crippen LogP contribution in [0.1, 0.15) is 53.6 Å². The van der Waals surface area contributed by atoms with Gasteiger partial charge in [0.1, 0.15) is 0 Å². The molecule has 0 radical (unpaired) electrons. The molecule has 1 aliphatic carbocycles. The zero-order valence-electron chi connectivity index (χ0n) is 18.4. The first-order valence-corrected chi connectivity index (χ1v) is 13.7. The average Bonchev–Trinajstić information content (AvgIpc) is 3.20. The maximum atomic E-state index is 13.3. The summed E-state index contributed by atoms with van der Waals surface area (Å²) in [4.78, 5) is 13.1. The number of hydrogen-bond donors (Lipinski definition) is 2. The molecule has 3 N–H and O–H groups in total. The normalized spacial score (nSPS) is 16.2. The number of benzene rings is 3. The predicted molar refractivity (Wildman–Crippen MR) is 141 cm³/mol. The van der Waals surface area contributed by atoms with Gasteiger partial charge < -0.3 is 11.1 Å². The van der Waals surface area contributed by atoms with Gasteiger partial charge in [-0.2, -0.15) is 0 Å². The lowest BCUT2D eigenvalue weighted by Crippen LogP contribution is -2.23. The topological polar surface area (TPSA) is 89.3 Å². The van der Waals surface area contributed by atoms with Gasteiger partial charge in [0.05, 0.1) is 21.5 Å². The second-order valence-corrected chi connectivity index (χ2v) is 11.9. The van der Waals surface area contributed by atoms with Gasteiger partial charge >= 0.3 is 0 Å². The maximum absolute atomic E-state index is 13.3. The number of fused-ring (bicyclic) bond motifs is 1. The highest BCUT2D eigenvalue weighted by atomic mass is 127. The van der Waals surface area contributed by atoms with Crippen LogP contribution in [0.3, 0.4) is 0 Å². The number of hydrogen-bond acceptors (Lipinski definition) is 4. The average molecular weight is 574 g/mol. The number of nitrogens with two attached hydrogens (primary N) is 1. The van der Waals surface area contributed by atoms with Crippen molar-refractivity contribution in [1.82, 2.24) is 0 Å². The number of nitrogens with one attached hydrogen (secondary N) is 1. The van der Waals surface area contributed by atoms with E-state index in [4.69, 9.17) is 5.73 Å². The molecule has 0 saturated heterocycles. The summed E-state index contributed by atoms with van der Waals surface area (Å²) in [5.41, 5.74) is 9.90. The third-order valence-electron chi connectivity index (χ3n) is 6.38. The quantitative estimate of drug-likeness (QED) is 0.276. The number of carbonyl (C=O) groups is 1. The molecule has 2 unspecified atom stereocenters. The van der Waals surface area contributed by atoms with Gasteiger partial charge in [-0.05, 0) is 108 Å². The first-order valence-electron chi connectivity index (χ1n) is 11.1. The molecule has 0 aromatic heterocycles. The van der Waals surface area contributed by atoms with Gasteiger partial charge in [0, 0.05) is 9.13 Å². The van der Waals surface area contributed by atoms with Crippen molar-refractivity contribution in [2.75, 3.05) is 11.1 Å². The number of rotatable bonds is 7. The van der Waals surface area contributed by atoms with E-state index in [0.29, 0.717) is 34.7 Å². The van der Waals surface area contributed by atoms with E-state index in [1.54, 1.807) is 30.3 Å². The van der Waals surface area contributed by atoms with Crippen molar-refractivity contribution in [1.29, 1.82) is 0 Å². The zero-order chi connectivity index (χ0) is 23.6. The second-order valence-electron chi connectivity index (χ2n) is 8.46. The molecule has 0 heterocycles. The molecule has 0 saturated carbocycles. The van der Waals surface area contributed by atoms with E-state index in [2.05, 4.69) is 27.9 Å². The number of sulfone groups is 1. The highest BCUT2D eigenvalue weighted by molar-refractivity contribution is 14.1. The Morgan fingerprint density at radius 2 is 1.91 bits per heavy atom. The predicted octanol–water partition coefficient (Wildman–Crippen LogP) is 5.80. The molecular weight excluding hydrogens is 547 g/mol. The molecule has 0 bridgehead atoms.